The summed E-state index contributed by atoms with van der Waals surface area (Å²) < 4.78 is 0. The number of rotatable bonds is 4. The molecule has 0 atom stereocenters. The molecule has 0 aliphatic carbocycles. The van der Waals surface area contributed by atoms with Crippen molar-refractivity contribution in [3.63, 3.8) is 0 Å². The van der Waals surface area contributed by atoms with Crippen molar-refractivity contribution in [2.45, 2.75) is 0 Å². The quantitative estimate of drug-likeness (QED) is 0.152. The van der Waals surface area contributed by atoms with E-state index < -0.39 is 0 Å². The molecule has 0 unspecified atom stereocenters. The molecule has 214 valence electrons. The van der Waals surface area contributed by atoms with Gasteiger partial charge in [0.25, 0.3) is 0 Å². The molecule has 0 saturated heterocycles. The van der Waals surface area contributed by atoms with Gasteiger partial charge in [0.2, 0.25) is 0 Å². The molecule has 0 saturated carbocycles. The molecule has 3 aromatic heterocycles. The van der Waals surface area contributed by atoms with E-state index in [0.29, 0.717) is 0 Å². The Morgan fingerprint density at radius 1 is 0.348 bits per heavy atom. The number of hydrogen-bond acceptors (Lipinski definition) is 4. The molecule has 0 N–H and O–H groups in total. The Kier molecular flexibility index (Phi) is 6.10. The van der Waals surface area contributed by atoms with E-state index >= 15 is 0 Å². The molecular weight excluding hydrogens is 560 g/mol. The molecule has 4 heteroatoms. The molecule has 0 radical (unpaired) electrons. The summed E-state index contributed by atoms with van der Waals surface area (Å²) in [7, 11) is 0. The average Bonchev–Trinajstić information content (AvgIpc) is 3.14. The van der Waals surface area contributed by atoms with E-state index in [-0.39, 0.29) is 0 Å². The Hall–Kier alpha value is -6.26. The van der Waals surface area contributed by atoms with E-state index in [1.54, 1.807) is 12.4 Å². The van der Waals surface area contributed by atoms with Crippen molar-refractivity contribution in [3.05, 3.63) is 158 Å². The molecule has 6 aromatic carbocycles. The van der Waals surface area contributed by atoms with Crippen LogP contribution in [0.5, 0.6) is 0 Å². The van der Waals surface area contributed by atoms with Crippen LogP contribution in [0.25, 0.3) is 88.2 Å². The Labute approximate surface area is 265 Å². The van der Waals surface area contributed by atoms with E-state index in [1.807, 2.05) is 18.3 Å². The lowest BCUT2D eigenvalue weighted by atomic mass is 9.85. The van der Waals surface area contributed by atoms with Crippen LogP contribution in [0.4, 0.5) is 0 Å². The number of benzene rings is 6. The zero-order valence-electron chi connectivity index (χ0n) is 24.8. The minimum Gasteiger partial charge on any atom is -0.254 e. The van der Waals surface area contributed by atoms with Crippen LogP contribution < -0.4 is 0 Å². The van der Waals surface area contributed by atoms with Gasteiger partial charge in [-0.3, -0.25) is 4.98 Å². The van der Waals surface area contributed by atoms with E-state index in [2.05, 4.69) is 142 Å². The van der Waals surface area contributed by atoms with Crippen LogP contribution in [-0.2, 0) is 0 Å². The zero-order valence-corrected chi connectivity index (χ0v) is 24.8. The van der Waals surface area contributed by atoms with Gasteiger partial charge in [-0.05, 0) is 68.1 Å². The molecule has 0 bridgehead atoms. The normalized spacial score (nSPS) is 11.5. The molecule has 3 heterocycles. The second kappa shape index (κ2) is 10.7. The van der Waals surface area contributed by atoms with Gasteiger partial charge in [-0.15, -0.1) is 0 Å². The first-order chi connectivity index (χ1) is 22.8. The number of nitrogens with zero attached hydrogens (tertiary/aromatic N) is 4. The topological polar surface area (TPSA) is 51.6 Å². The summed E-state index contributed by atoms with van der Waals surface area (Å²) in [6.45, 7) is 0. The summed E-state index contributed by atoms with van der Waals surface area (Å²) in [5, 5.41) is 7.03. The fourth-order valence-electron chi connectivity index (χ4n) is 6.70. The van der Waals surface area contributed by atoms with Gasteiger partial charge in [-0.1, -0.05) is 115 Å². The van der Waals surface area contributed by atoms with Crippen molar-refractivity contribution < 1.29 is 0 Å². The number of hydrogen-bond donors (Lipinski definition) is 0. The highest BCUT2D eigenvalue weighted by molar-refractivity contribution is 6.21. The predicted molar refractivity (Wildman–Crippen MR) is 189 cm³/mol. The van der Waals surface area contributed by atoms with Gasteiger partial charge >= 0.3 is 0 Å². The van der Waals surface area contributed by atoms with E-state index in [0.717, 1.165) is 50.0 Å². The summed E-state index contributed by atoms with van der Waals surface area (Å²) in [4.78, 5) is 18.7. The number of aromatic nitrogens is 4. The molecule has 4 nitrogen and oxygen atoms in total. The maximum absolute atomic E-state index is 5.08. The highest BCUT2D eigenvalue weighted by Crippen LogP contribution is 2.44. The first kappa shape index (κ1) is 26.2. The van der Waals surface area contributed by atoms with Crippen LogP contribution in [0.3, 0.4) is 0 Å². The molecular formula is C42H26N4. The highest BCUT2D eigenvalue weighted by atomic mass is 14.8. The first-order valence-electron chi connectivity index (χ1n) is 15.4. The molecule has 0 aliphatic heterocycles. The number of pyridine rings is 2. The van der Waals surface area contributed by atoms with Crippen molar-refractivity contribution in [1.82, 2.24) is 19.9 Å². The van der Waals surface area contributed by atoms with Crippen LogP contribution in [0, 0.1) is 0 Å². The highest BCUT2D eigenvalue weighted by Gasteiger charge is 2.17. The average molecular weight is 587 g/mol. The summed E-state index contributed by atoms with van der Waals surface area (Å²) in [6, 6.07) is 49.2. The van der Waals surface area contributed by atoms with Crippen molar-refractivity contribution >= 4 is 43.4 Å². The van der Waals surface area contributed by atoms with Gasteiger partial charge in [0, 0.05) is 40.5 Å². The maximum Gasteiger partial charge on any atom is 0.159 e. The third-order valence-electron chi connectivity index (χ3n) is 8.81. The Bertz CT molecular complexity index is 2520. The lowest BCUT2D eigenvalue weighted by molar-refractivity contribution is 1.18. The minimum atomic E-state index is 0.722. The molecule has 0 fully saturated rings. The van der Waals surface area contributed by atoms with E-state index in [1.165, 1.54) is 38.2 Å². The SMILES string of the molecule is c1cnc(-c2cccc(-c3c4ccccc4c(-c4ccc(-c5ccc6ccc7cccnc7c6n5)cc4)c4ccccc34)c2)nc1. The second-order valence-corrected chi connectivity index (χ2v) is 11.5. The summed E-state index contributed by atoms with van der Waals surface area (Å²) in [5.41, 5.74) is 9.61. The molecule has 9 rings (SSSR count). The summed E-state index contributed by atoms with van der Waals surface area (Å²) >= 11 is 0. The molecule has 46 heavy (non-hydrogen) atoms. The van der Waals surface area contributed by atoms with Crippen LogP contribution in [0.15, 0.2) is 158 Å². The van der Waals surface area contributed by atoms with Crippen molar-refractivity contribution in [1.29, 1.82) is 0 Å². The first-order valence-corrected chi connectivity index (χ1v) is 15.4. The van der Waals surface area contributed by atoms with Crippen LogP contribution in [0.1, 0.15) is 0 Å². The van der Waals surface area contributed by atoms with E-state index in [4.69, 9.17) is 4.98 Å². The Morgan fingerprint density at radius 2 is 0.913 bits per heavy atom. The molecule has 0 spiro atoms. The van der Waals surface area contributed by atoms with Gasteiger partial charge in [-0.2, -0.15) is 0 Å². The third kappa shape index (κ3) is 4.31. The maximum atomic E-state index is 5.08. The third-order valence-corrected chi connectivity index (χ3v) is 8.81. The monoisotopic (exact) mass is 586 g/mol. The Morgan fingerprint density at radius 3 is 1.61 bits per heavy atom. The minimum absolute atomic E-state index is 0.722. The van der Waals surface area contributed by atoms with Gasteiger partial charge in [-0.25, -0.2) is 15.0 Å². The van der Waals surface area contributed by atoms with Gasteiger partial charge < -0.3 is 0 Å². The van der Waals surface area contributed by atoms with Crippen molar-refractivity contribution in [2.75, 3.05) is 0 Å². The van der Waals surface area contributed by atoms with Gasteiger partial charge in [0.15, 0.2) is 5.82 Å². The summed E-state index contributed by atoms with van der Waals surface area (Å²) in [5.74, 6) is 0.722. The van der Waals surface area contributed by atoms with Crippen molar-refractivity contribution in [2.24, 2.45) is 0 Å². The Balaban J connectivity index is 1.20. The van der Waals surface area contributed by atoms with Crippen LogP contribution >= 0.6 is 0 Å². The lowest BCUT2D eigenvalue weighted by Crippen LogP contribution is -1.92. The van der Waals surface area contributed by atoms with Crippen LogP contribution in [0.2, 0.25) is 0 Å². The van der Waals surface area contributed by atoms with Crippen LogP contribution in [-0.4, -0.2) is 19.9 Å². The van der Waals surface area contributed by atoms with E-state index in [9.17, 15) is 0 Å². The molecule has 0 amide bonds. The number of fused-ring (bicyclic) bond motifs is 5. The van der Waals surface area contributed by atoms with Gasteiger partial charge in [0.1, 0.15) is 0 Å². The van der Waals surface area contributed by atoms with Gasteiger partial charge in [0.05, 0.1) is 16.7 Å². The fraction of sp³-hybridized carbons (Fsp3) is 0. The predicted octanol–water partition coefficient (Wildman–Crippen LogP) is 10.5. The summed E-state index contributed by atoms with van der Waals surface area (Å²) in [6.07, 6.45) is 5.41. The largest absolute Gasteiger partial charge is 0.254 e. The standard InChI is InChI=1S/C42H26N4/c1-3-13-35-33(11-1)38(34-12-2-4-14-36(34)39(35)31-8-5-9-32(26-31)42-44-24-7-25-45-42)28-17-15-27(16-18-28)37-22-21-30-20-19-29-10-6-23-43-40(29)41(30)46-37/h1-26H. The zero-order chi connectivity index (χ0) is 30.5. The molecule has 9 aromatic rings. The fourth-order valence-corrected chi connectivity index (χ4v) is 6.70. The second-order valence-electron chi connectivity index (χ2n) is 11.5. The molecule has 0 aliphatic rings. The smallest absolute Gasteiger partial charge is 0.159 e. The lowest BCUT2D eigenvalue weighted by Gasteiger charge is -2.18. The van der Waals surface area contributed by atoms with Crippen molar-refractivity contribution in [3.8, 4) is 44.9 Å².